The first-order valence-electron chi connectivity index (χ1n) is 8.67. The van der Waals surface area contributed by atoms with Crippen molar-refractivity contribution in [1.82, 2.24) is 0 Å². The minimum absolute atomic E-state index is 0.0406. The highest BCUT2D eigenvalue weighted by atomic mass is 32.1. The Morgan fingerprint density at radius 3 is 2.48 bits per heavy atom. The van der Waals surface area contributed by atoms with E-state index in [0.29, 0.717) is 15.4 Å². The number of rotatable bonds is 7. The number of carbonyl (C=O) groups is 3. The molecule has 1 heterocycles. The Labute approximate surface area is 162 Å². The second kappa shape index (κ2) is 8.81. The van der Waals surface area contributed by atoms with Crippen LogP contribution in [0.3, 0.4) is 0 Å². The summed E-state index contributed by atoms with van der Waals surface area (Å²) in [5, 5.41) is 6.17. The van der Waals surface area contributed by atoms with Crippen LogP contribution in [0.4, 0.5) is 10.7 Å². The van der Waals surface area contributed by atoms with Crippen LogP contribution in [0.2, 0.25) is 0 Å². The highest BCUT2D eigenvalue weighted by Gasteiger charge is 2.25. The predicted octanol–water partition coefficient (Wildman–Crippen LogP) is 4.10. The van der Waals surface area contributed by atoms with Crippen LogP contribution in [-0.4, -0.2) is 30.8 Å². The predicted molar refractivity (Wildman–Crippen MR) is 108 cm³/mol. The number of benzene rings is 1. The van der Waals surface area contributed by atoms with Crippen LogP contribution in [0.5, 0.6) is 0 Å². The molecule has 6 nitrogen and oxygen atoms in total. The van der Waals surface area contributed by atoms with Crippen molar-refractivity contribution < 1.29 is 19.1 Å². The van der Waals surface area contributed by atoms with E-state index in [1.807, 2.05) is 32.0 Å². The Balaban J connectivity index is 2.19. The summed E-state index contributed by atoms with van der Waals surface area (Å²) in [5.41, 5.74) is 3.78. The Morgan fingerprint density at radius 1 is 1.15 bits per heavy atom. The van der Waals surface area contributed by atoms with Gasteiger partial charge in [0, 0.05) is 5.69 Å². The van der Waals surface area contributed by atoms with Gasteiger partial charge in [0.05, 0.1) is 23.6 Å². The molecular weight excluding hydrogens is 364 g/mol. The van der Waals surface area contributed by atoms with E-state index < -0.39 is 5.97 Å². The molecule has 0 fully saturated rings. The zero-order chi connectivity index (χ0) is 20.1. The molecule has 0 aliphatic heterocycles. The highest BCUT2D eigenvalue weighted by molar-refractivity contribution is 7.18. The van der Waals surface area contributed by atoms with Gasteiger partial charge in [-0.25, -0.2) is 4.79 Å². The van der Waals surface area contributed by atoms with Crippen molar-refractivity contribution in [1.29, 1.82) is 0 Å². The molecule has 0 radical (unpaired) electrons. The van der Waals surface area contributed by atoms with Crippen LogP contribution in [0.15, 0.2) is 18.2 Å². The largest absolute Gasteiger partial charge is 0.462 e. The fraction of sp³-hybridized carbons (Fsp3) is 0.350. The number of aryl methyl sites for hydroxylation is 2. The van der Waals surface area contributed by atoms with Crippen LogP contribution in [-0.2, 0) is 9.53 Å². The Kier molecular flexibility index (Phi) is 6.74. The third-order valence-electron chi connectivity index (χ3n) is 4.03. The molecule has 7 heteroatoms. The fourth-order valence-corrected chi connectivity index (χ4v) is 3.77. The van der Waals surface area contributed by atoms with Crippen molar-refractivity contribution in [2.75, 3.05) is 23.8 Å². The van der Waals surface area contributed by atoms with Crippen LogP contribution < -0.4 is 10.6 Å². The van der Waals surface area contributed by atoms with Crippen molar-refractivity contribution in [2.24, 2.45) is 0 Å². The molecule has 1 aromatic carbocycles. The lowest BCUT2D eigenvalue weighted by atomic mass is 10.1. The maximum atomic E-state index is 12.4. The third-order valence-corrected chi connectivity index (χ3v) is 5.34. The summed E-state index contributed by atoms with van der Waals surface area (Å²) < 4.78 is 5.07. The molecule has 0 saturated carbocycles. The van der Waals surface area contributed by atoms with Crippen LogP contribution in [0.1, 0.15) is 50.6 Å². The topological polar surface area (TPSA) is 84.5 Å². The quantitative estimate of drug-likeness (QED) is 0.551. The van der Waals surface area contributed by atoms with Crippen molar-refractivity contribution in [2.45, 2.75) is 34.6 Å². The second-order valence-corrected chi connectivity index (χ2v) is 7.28. The average Bonchev–Trinajstić information content (AvgIpc) is 2.92. The molecule has 0 unspecified atom stereocenters. The number of ketones is 1. The van der Waals surface area contributed by atoms with Crippen molar-refractivity contribution in [3.8, 4) is 0 Å². The number of anilines is 2. The van der Waals surface area contributed by atoms with Gasteiger partial charge in [-0.1, -0.05) is 12.1 Å². The monoisotopic (exact) mass is 388 g/mol. The van der Waals surface area contributed by atoms with Gasteiger partial charge < -0.3 is 15.4 Å². The summed E-state index contributed by atoms with van der Waals surface area (Å²) in [7, 11) is 0. The molecule has 1 amide bonds. The summed E-state index contributed by atoms with van der Waals surface area (Å²) in [6.45, 7) is 9.01. The lowest BCUT2D eigenvalue weighted by Crippen LogP contribution is -2.23. The molecule has 1 aromatic heterocycles. The van der Waals surface area contributed by atoms with Gasteiger partial charge in [0.2, 0.25) is 5.91 Å². The molecule has 2 rings (SSSR count). The minimum Gasteiger partial charge on any atom is -0.462 e. The van der Waals surface area contributed by atoms with Crippen molar-refractivity contribution >= 4 is 39.7 Å². The Morgan fingerprint density at radius 2 is 1.85 bits per heavy atom. The molecule has 27 heavy (non-hydrogen) atoms. The number of nitrogens with one attached hydrogen (secondary N) is 2. The first-order valence-corrected chi connectivity index (χ1v) is 9.48. The van der Waals surface area contributed by atoms with Crippen LogP contribution in [0.25, 0.3) is 0 Å². The first-order chi connectivity index (χ1) is 12.7. The SMILES string of the molecule is CCOC(=O)c1c(NC(=O)CNc2cc(C)ccc2C)sc(C(C)=O)c1C. The molecule has 2 N–H and O–H groups in total. The Hall–Kier alpha value is -2.67. The summed E-state index contributed by atoms with van der Waals surface area (Å²) in [6, 6.07) is 5.95. The number of amides is 1. The lowest BCUT2D eigenvalue weighted by Gasteiger charge is -2.11. The zero-order valence-electron chi connectivity index (χ0n) is 16.2. The summed E-state index contributed by atoms with van der Waals surface area (Å²) in [4.78, 5) is 36.9. The van der Waals surface area contributed by atoms with E-state index in [1.54, 1.807) is 13.8 Å². The highest BCUT2D eigenvalue weighted by Crippen LogP contribution is 2.34. The molecule has 0 aliphatic carbocycles. The minimum atomic E-state index is -0.545. The van der Waals surface area contributed by atoms with Gasteiger partial charge >= 0.3 is 5.97 Å². The van der Waals surface area contributed by atoms with Crippen LogP contribution >= 0.6 is 11.3 Å². The normalized spacial score (nSPS) is 10.4. The lowest BCUT2D eigenvalue weighted by molar-refractivity contribution is -0.114. The van der Waals surface area contributed by atoms with Crippen LogP contribution in [0, 0.1) is 20.8 Å². The molecule has 0 saturated heterocycles. The molecule has 0 aliphatic rings. The number of Topliss-reactive ketones (excluding diaryl/α,β-unsaturated/α-hetero) is 1. The molecule has 144 valence electrons. The van der Waals surface area contributed by atoms with Gasteiger partial charge in [0.1, 0.15) is 5.00 Å². The maximum Gasteiger partial charge on any atom is 0.341 e. The van der Waals surface area contributed by atoms with E-state index in [9.17, 15) is 14.4 Å². The number of ether oxygens (including phenoxy) is 1. The van der Waals surface area contributed by atoms with Gasteiger partial charge in [0.25, 0.3) is 0 Å². The van der Waals surface area contributed by atoms with Crippen molar-refractivity contribution in [3.63, 3.8) is 0 Å². The third kappa shape index (κ3) is 4.95. The fourth-order valence-electron chi connectivity index (χ4n) is 2.66. The number of carbonyl (C=O) groups excluding carboxylic acids is 3. The summed E-state index contributed by atoms with van der Waals surface area (Å²) in [6.07, 6.45) is 0. The van der Waals surface area contributed by atoms with E-state index >= 15 is 0 Å². The molecule has 0 spiro atoms. The van der Waals surface area contributed by atoms with Gasteiger partial charge in [-0.2, -0.15) is 0 Å². The van der Waals surface area contributed by atoms with E-state index in [-0.39, 0.29) is 30.4 Å². The number of hydrogen-bond acceptors (Lipinski definition) is 6. The Bertz CT molecular complexity index is 886. The van der Waals surface area contributed by atoms with E-state index in [4.69, 9.17) is 4.74 Å². The molecule has 0 atom stereocenters. The molecule has 2 aromatic rings. The smallest absolute Gasteiger partial charge is 0.341 e. The van der Waals surface area contributed by atoms with Gasteiger partial charge in [-0.3, -0.25) is 9.59 Å². The maximum absolute atomic E-state index is 12.4. The summed E-state index contributed by atoms with van der Waals surface area (Å²) in [5.74, 6) is -1.01. The van der Waals surface area contributed by atoms with E-state index in [0.717, 1.165) is 28.2 Å². The number of hydrogen-bond donors (Lipinski definition) is 2. The summed E-state index contributed by atoms with van der Waals surface area (Å²) >= 11 is 1.09. The van der Waals surface area contributed by atoms with E-state index in [1.165, 1.54) is 6.92 Å². The zero-order valence-corrected chi connectivity index (χ0v) is 17.0. The van der Waals surface area contributed by atoms with Crippen molar-refractivity contribution in [3.05, 3.63) is 45.3 Å². The van der Waals surface area contributed by atoms with E-state index in [2.05, 4.69) is 10.6 Å². The van der Waals surface area contributed by atoms with Gasteiger partial charge in [0.15, 0.2) is 5.78 Å². The molecule has 0 bridgehead atoms. The second-order valence-electron chi connectivity index (χ2n) is 6.26. The number of thiophene rings is 1. The molecular formula is C20H24N2O4S. The average molecular weight is 388 g/mol. The first kappa shape index (κ1) is 20.6. The standard InChI is InChI=1S/C20H24N2O4S/c1-6-26-20(25)17-13(4)18(14(5)23)27-19(17)22-16(24)10-21-15-9-11(2)7-8-12(15)3/h7-9,21H,6,10H2,1-5H3,(H,22,24). The van der Waals surface area contributed by atoms with Gasteiger partial charge in [-0.15, -0.1) is 11.3 Å². The van der Waals surface area contributed by atoms with Gasteiger partial charge in [-0.05, 0) is 57.4 Å². The number of esters is 1.